The Kier molecular flexibility index (Phi) is 3.28. The van der Waals surface area contributed by atoms with Crippen LogP contribution in [0, 0.1) is 13.8 Å². The second-order valence-electron chi connectivity index (χ2n) is 3.85. The summed E-state index contributed by atoms with van der Waals surface area (Å²) in [5.74, 6) is 0.187. The summed E-state index contributed by atoms with van der Waals surface area (Å²) >= 11 is 0. The molecule has 0 N–H and O–H groups in total. The van der Waals surface area contributed by atoms with Crippen LogP contribution in [0.15, 0.2) is 18.2 Å². The van der Waals surface area contributed by atoms with Gasteiger partial charge in [-0.1, -0.05) is 17.7 Å². The first-order chi connectivity index (χ1) is 6.50. The Morgan fingerprint density at radius 2 is 2.00 bits per heavy atom. The van der Waals surface area contributed by atoms with Crippen LogP contribution in [0.1, 0.15) is 18.1 Å². The molecule has 0 radical (unpaired) electrons. The standard InChI is InChI=1S/C12H17NO/c1-9-5-6-12(10(2)7-9)13(4)8-11(3)14/h5-7H,8H2,1-4H3. The van der Waals surface area contributed by atoms with Crippen LogP contribution >= 0.6 is 0 Å². The molecular formula is C12H17NO. The number of Topliss-reactive ketones (excluding diaryl/α,β-unsaturated/α-hetero) is 1. The first-order valence-electron chi connectivity index (χ1n) is 4.78. The number of nitrogens with zero attached hydrogens (tertiary/aromatic N) is 1. The summed E-state index contributed by atoms with van der Waals surface area (Å²) in [7, 11) is 1.94. The molecule has 2 heteroatoms. The van der Waals surface area contributed by atoms with Gasteiger partial charge in [-0.05, 0) is 32.4 Å². The molecule has 0 aromatic heterocycles. The van der Waals surface area contributed by atoms with Gasteiger partial charge < -0.3 is 4.90 Å². The van der Waals surface area contributed by atoms with Crippen molar-refractivity contribution in [2.45, 2.75) is 20.8 Å². The third kappa shape index (κ3) is 2.59. The van der Waals surface area contributed by atoms with Crippen LogP contribution in [0.3, 0.4) is 0 Å². The highest BCUT2D eigenvalue weighted by Gasteiger charge is 2.05. The minimum Gasteiger partial charge on any atom is -0.367 e. The average Bonchev–Trinajstić information content (AvgIpc) is 2.01. The lowest BCUT2D eigenvalue weighted by Crippen LogP contribution is -2.24. The van der Waals surface area contributed by atoms with Crippen LogP contribution in [0.4, 0.5) is 5.69 Å². The van der Waals surface area contributed by atoms with Gasteiger partial charge in [0.15, 0.2) is 0 Å². The first kappa shape index (κ1) is 10.8. The molecule has 2 nitrogen and oxygen atoms in total. The van der Waals surface area contributed by atoms with Crippen molar-refractivity contribution in [3.05, 3.63) is 29.3 Å². The Morgan fingerprint density at radius 1 is 1.36 bits per heavy atom. The number of likely N-dealkylation sites (N-methyl/N-ethyl adjacent to an activating group) is 1. The number of rotatable bonds is 3. The predicted octanol–water partition coefficient (Wildman–Crippen LogP) is 2.33. The summed E-state index contributed by atoms with van der Waals surface area (Å²) in [5, 5.41) is 0. The van der Waals surface area contributed by atoms with E-state index >= 15 is 0 Å². The van der Waals surface area contributed by atoms with E-state index in [1.54, 1.807) is 6.92 Å². The second-order valence-corrected chi connectivity index (χ2v) is 3.85. The van der Waals surface area contributed by atoms with E-state index in [4.69, 9.17) is 0 Å². The summed E-state index contributed by atoms with van der Waals surface area (Å²) in [5.41, 5.74) is 3.60. The molecule has 76 valence electrons. The third-order valence-corrected chi connectivity index (χ3v) is 2.22. The second kappa shape index (κ2) is 4.27. The van der Waals surface area contributed by atoms with Crippen molar-refractivity contribution < 1.29 is 4.79 Å². The first-order valence-corrected chi connectivity index (χ1v) is 4.78. The highest BCUT2D eigenvalue weighted by molar-refractivity contribution is 5.81. The van der Waals surface area contributed by atoms with Crippen LogP contribution in [-0.2, 0) is 4.79 Å². The van der Waals surface area contributed by atoms with Gasteiger partial charge in [0, 0.05) is 12.7 Å². The van der Waals surface area contributed by atoms with E-state index in [1.165, 1.54) is 11.1 Å². The highest BCUT2D eigenvalue weighted by Crippen LogP contribution is 2.19. The zero-order valence-corrected chi connectivity index (χ0v) is 9.29. The molecule has 0 amide bonds. The van der Waals surface area contributed by atoms with Crippen molar-refractivity contribution in [2.75, 3.05) is 18.5 Å². The van der Waals surface area contributed by atoms with Crippen molar-refractivity contribution in [2.24, 2.45) is 0 Å². The maximum Gasteiger partial charge on any atom is 0.149 e. The van der Waals surface area contributed by atoms with Crippen molar-refractivity contribution >= 4 is 11.5 Å². The van der Waals surface area contributed by atoms with Gasteiger partial charge in [0.05, 0.1) is 6.54 Å². The highest BCUT2D eigenvalue weighted by atomic mass is 16.1. The van der Waals surface area contributed by atoms with Crippen molar-refractivity contribution in [1.82, 2.24) is 0 Å². The predicted molar refractivity (Wildman–Crippen MR) is 59.9 cm³/mol. The van der Waals surface area contributed by atoms with Crippen molar-refractivity contribution in [3.8, 4) is 0 Å². The fourth-order valence-electron chi connectivity index (χ4n) is 1.65. The maximum atomic E-state index is 11.0. The van der Waals surface area contributed by atoms with Gasteiger partial charge in [0.25, 0.3) is 0 Å². The number of aryl methyl sites for hydroxylation is 2. The van der Waals surface area contributed by atoms with E-state index in [0.29, 0.717) is 6.54 Å². The fraction of sp³-hybridized carbons (Fsp3) is 0.417. The molecule has 14 heavy (non-hydrogen) atoms. The van der Waals surface area contributed by atoms with Crippen LogP contribution < -0.4 is 4.90 Å². The Hall–Kier alpha value is -1.31. The summed E-state index contributed by atoms with van der Waals surface area (Å²) < 4.78 is 0. The monoisotopic (exact) mass is 191 g/mol. The molecule has 0 saturated carbocycles. The van der Waals surface area contributed by atoms with E-state index in [0.717, 1.165) is 5.69 Å². The smallest absolute Gasteiger partial charge is 0.149 e. The van der Waals surface area contributed by atoms with E-state index in [1.807, 2.05) is 11.9 Å². The molecule has 0 spiro atoms. The van der Waals surface area contributed by atoms with Crippen LogP contribution in [0.5, 0.6) is 0 Å². The molecular weight excluding hydrogens is 174 g/mol. The van der Waals surface area contributed by atoms with E-state index in [9.17, 15) is 4.79 Å². The average molecular weight is 191 g/mol. The Labute approximate surface area is 85.5 Å². The van der Waals surface area contributed by atoms with Gasteiger partial charge in [0.1, 0.15) is 5.78 Å². The summed E-state index contributed by atoms with van der Waals surface area (Å²) in [4.78, 5) is 12.9. The summed E-state index contributed by atoms with van der Waals surface area (Å²) in [6, 6.07) is 6.26. The SMILES string of the molecule is CC(=O)CN(C)c1ccc(C)cc1C. The lowest BCUT2D eigenvalue weighted by molar-refractivity contribution is -0.115. The molecule has 0 aliphatic carbocycles. The van der Waals surface area contributed by atoms with Gasteiger partial charge in [-0.25, -0.2) is 0 Å². The molecule has 0 fully saturated rings. The zero-order chi connectivity index (χ0) is 10.7. The van der Waals surface area contributed by atoms with Crippen LogP contribution in [-0.4, -0.2) is 19.4 Å². The minimum absolute atomic E-state index is 0.187. The number of benzene rings is 1. The molecule has 0 aliphatic heterocycles. The van der Waals surface area contributed by atoms with Crippen molar-refractivity contribution in [1.29, 1.82) is 0 Å². The molecule has 1 rings (SSSR count). The van der Waals surface area contributed by atoms with Crippen LogP contribution in [0.2, 0.25) is 0 Å². The number of hydrogen-bond acceptors (Lipinski definition) is 2. The number of ketones is 1. The van der Waals surface area contributed by atoms with Gasteiger partial charge in [-0.3, -0.25) is 4.79 Å². The quantitative estimate of drug-likeness (QED) is 0.730. The molecule has 0 atom stereocenters. The van der Waals surface area contributed by atoms with E-state index in [-0.39, 0.29) is 5.78 Å². The normalized spacial score (nSPS) is 10.0. The number of hydrogen-bond donors (Lipinski definition) is 0. The lowest BCUT2D eigenvalue weighted by atomic mass is 10.1. The molecule has 0 unspecified atom stereocenters. The summed E-state index contributed by atoms with van der Waals surface area (Å²) in [6.07, 6.45) is 0. The largest absolute Gasteiger partial charge is 0.367 e. The fourth-order valence-corrected chi connectivity index (χ4v) is 1.65. The zero-order valence-electron chi connectivity index (χ0n) is 9.29. The molecule has 0 bridgehead atoms. The van der Waals surface area contributed by atoms with E-state index in [2.05, 4.69) is 32.0 Å². The molecule has 0 saturated heterocycles. The Balaban J connectivity index is 2.90. The van der Waals surface area contributed by atoms with E-state index < -0.39 is 0 Å². The molecule has 0 heterocycles. The topological polar surface area (TPSA) is 20.3 Å². The third-order valence-electron chi connectivity index (χ3n) is 2.22. The van der Waals surface area contributed by atoms with Gasteiger partial charge in [-0.2, -0.15) is 0 Å². The van der Waals surface area contributed by atoms with Crippen molar-refractivity contribution in [3.63, 3.8) is 0 Å². The Morgan fingerprint density at radius 3 is 2.50 bits per heavy atom. The molecule has 1 aromatic rings. The van der Waals surface area contributed by atoms with Gasteiger partial charge >= 0.3 is 0 Å². The summed E-state index contributed by atoms with van der Waals surface area (Å²) in [6.45, 7) is 6.23. The number of anilines is 1. The minimum atomic E-state index is 0.187. The maximum absolute atomic E-state index is 11.0. The van der Waals surface area contributed by atoms with Gasteiger partial charge in [-0.15, -0.1) is 0 Å². The number of carbonyl (C=O) groups excluding carboxylic acids is 1. The number of carbonyl (C=O) groups is 1. The Bertz CT molecular complexity index is 344. The molecule has 0 aliphatic rings. The lowest BCUT2D eigenvalue weighted by Gasteiger charge is -2.20. The van der Waals surface area contributed by atoms with Gasteiger partial charge in [0.2, 0.25) is 0 Å². The molecule has 1 aromatic carbocycles. The van der Waals surface area contributed by atoms with Crippen LogP contribution in [0.25, 0.3) is 0 Å².